The van der Waals surface area contributed by atoms with Gasteiger partial charge in [0.25, 0.3) is 5.91 Å². The zero-order valence-corrected chi connectivity index (χ0v) is 24.6. The minimum Gasteiger partial charge on any atom is -0.497 e. The number of nitrogens with two attached hydrogens (primary N) is 1. The van der Waals surface area contributed by atoms with E-state index in [0.29, 0.717) is 22.2 Å². The van der Waals surface area contributed by atoms with Crippen molar-refractivity contribution in [3.8, 4) is 28.5 Å². The normalized spacial score (nSPS) is 19.0. The quantitative estimate of drug-likeness (QED) is 0.255. The second-order valence-electron chi connectivity index (χ2n) is 11.4. The van der Waals surface area contributed by atoms with Crippen LogP contribution in [0, 0.1) is 0 Å². The van der Waals surface area contributed by atoms with Gasteiger partial charge in [-0.25, -0.2) is 4.98 Å². The molecule has 1 saturated carbocycles. The van der Waals surface area contributed by atoms with Gasteiger partial charge in [-0.2, -0.15) is 18.3 Å². The maximum absolute atomic E-state index is 14.8. The van der Waals surface area contributed by atoms with Crippen LogP contribution in [-0.4, -0.2) is 65.2 Å². The van der Waals surface area contributed by atoms with Crippen LogP contribution in [0.3, 0.4) is 0 Å². The number of halogens is 3. The van der Waals surface area contributed by atoms with Crippen molar-refractivity contribution in [1.82, 2.24) is 20.1 Å². The summed E-state index contributed by atoms with van der Waals surface area (Å²) >= 11 is 0. The fourth-order valence-electron chi connectivity index (χ4n) is 5.32. The maximum atomic E-state index is 14.8. The third kappa shape index (κ3) is 5.08. The molecule has 2 amide bonds. The minimum atomic E-state index is -5.31. The second kappa shape index (κ2) is 10.6. The first kappa shape index (κ1) is 30.2. The van der Waals surface area contributed by atoms with Crippen molar-refractivity contribution in [2.24, 2.45) is 5.73 Å². The number of amides is 2. The molecule has 3 heterocycles. The van der Waals surface area contributed by atoms with Crippen LogP contribution in [-0.2, 0) is 15.8 Å². The predicted molar refractivity (Wildman–Crippen MR) is 155 cm³/mol. The molecule has 2 aliphatic rings. The fraction of sp³-hybridized carbons (Fsp3) is 0.355. The number of aliphatic hydroxyl groups is 1. The van der Waals surface area contributed by atoms with E-state index in [-0.39, 0.29) is 41.0 Å². The molecule has 1 aliphatic heterocycles. The molecule has 14 heteroatoms. The highest BCUT2D eigenvalue weighted by Crippen LogP contribution is 2.48. The topological polar surface area (TPSA) is 151 Å². The van der Waals surface area contributed by atoms with E-state index in [1.165, 1.54) is 33.3 Å². The Hall–Kier alpha value is -4.85. The molecule has 1 fully saturated rings. The highest BCUT2D eigenvalue weighted by Gasteiger charge is 2.57. The Balaban J connectivity index is 1.40. The number of pyridine rings is 1. The molecule has 2 aromatic heterocycles. The van der Waals surface area contributed by atoms with E-state index in [4.69, 9.17) is 19.9 Å². The molecule has 4 N–H and O–H groups in total. The molecule has 1 aliphatic carbocycles. The summed E-state index contributed by atoms with van der Waals surface area (Å²) in [5.74, 6) is -0.904. The van der Waals surface area contributed by atoms with Gasteiger partial charge in [-0.1, -0.05) is 0 Å². The van der Waals surface area contributed by atoms with Crippen LogP contribution >= 0.6 is 0 Å². The summed E-state index contributed by atoms with van der Waals surface area (Å²) in [6.07, 6.45) is -1.61. The smallest absolute Gasteiger partial charge is 0.424 e. The molecular weight excluding hydrogens is 595 g/mol. The van der Waals surface area contributed by atoms with Crippen LogP contribution in [0.1, 0.15) is 47.4 Å². The third-order valence-corrected chi connectivity index (χ3v) is 8.37. The van der Waals surface area contributed by atoms with Gasteiger partial charge in [0.1, 0.15) is 40.5 Å². The molecule has 0 bridgehead atoms. The molecule has 2 aromatic carbocycles. The van der Waals surface area contributed by atoms with E-state index >= 15 is 0 Å². The summed E-state index contributed by atoms with van der Waals surface area (Å²) in [6.45, 7) is -0.0974. The van der Waals surface area contributed by atoms with Crippen LogP contribution in [0.15, 0.2) is 48.7 Å². The van der Waals surface area contributed by atoms with Gasteiger partial charge in [0, 0.05) is 28.3 Å². The summed E-state index contributed by atoms with van der Waals surface area (Å²) in [7, 11) is 2.86. The number of nitrogens with zero attached hydrogens (tertiary/aromatic N) is 3. The van der Waals surface area contributed by atoms with Gasteiger partial charge in [-0.15, -0.1) is 0 Å². The molecule has 0 saturated heterocycles. The number of aromatic nitrogens is 3. The number of alkyl halides is 3. The molecule has 6 rings (SSSR count). The maximum Gasteiger partial charge on any atom is 0.424 e. The zero-order chi connectivity index (χ0) is 32.3. The molecule has 45 heavy (non-hydrogen) atoms. The van der Waals surface area contributed by atoms with Gasteiger partial charge in [0.2, 0.25) is 11.5 Å². The van der Waals surface area contributed by atoms with Gasteiger partial charge >= 0.3 is 6.18 Å². The number of primary amides is 1. The lowest BCUT2D eigenvalue weighted by molar-refractivity contribution is -0.265. The Labute approximate surface area is 255 Å². The third-order valence-electron chi connectivity index (χ3n) is 8.37. The van der Waals surface area contributed by atoms with Gasteiger partial charge in [0.05, 0.1) is 32.5 Å². The number of rotatable bonds is 9. The number of carbonyl (C=O) groups excluding carboxylic acids is 2. The number of methoxy groups -OCH3 is 2. The van der Waals surface area contributed by atoms with E-state index < -0.39 is 41.2 Å². The predicted octanol–water partition coefficient (Wildman–Crippen LogP) is 3.77. The van der Waals surface area contributed by atoms with Crippen molar-refractivity contribution < 1.29 is 42.1 Å². The monoisotopic (exact) mass is 625 g/mol. The molecular formula is C31H30F3N5O6. The lowest BCUT2D eigenvalue weighted by Gasteiger charge is -2.31. The number of ether oxygens (including phenoxy) is 3. The van der Waals surface area contributed by atoms with Gasteiger partial charge in [-0.3, -0.25) is 14.3 Å². The Morgan fingerprint density at radius 1 is 1.16 bits per heavy atom. The van der Waals surface area contributed by atoms with E-state index in [1.807, 2.05) is 0 Å². The molecule has 0 radical (unpaired) electrons. The molecule has 11 nitrogen and oxygen atoms in total. The van der Waals surface area contributed by atoms with Crippen LogP contribution in [0.25, 0.3) is 22.2 Å². The van der Waals surface area contributed by atoms with Gasteiger partial charge in [0.15, 0.2) is 0 Å². The lowest BCUT2D eigenvalue weighted by Crippen LogP contribution is -2.51. The van der Waals surface area contributed by atoms with Crippen molar-refractivity contribution >= 4 is 22.7 Å². The van der Waals surface area contributed by atoms with E-state index in [1.54, 1.807) is 35.1 Å². The number of fused-ring (bicyclic) bond motifs is 2. The number of carbonyl (C=O) groups is 2. The summed E-state index contributed by atoms with van der Waals surface area (Å²) in [5, 5.41) is 18.6. The van der Waals surface area contributed by atoms with E-state index in [9.17, 15) is 27.9 Å². The SMILES string of the molecule is COc1ccc(-c2nc([C@](O)(CNC(=O)c3cc(OC)c4nn(C5CC5)cc4c3)C(F)(F)F)cc3c2OC[C@]3(C)C(N)=O)cc1. The van der Waals surface area contributed by atoms with Gasteiger partial charge in [-0.05, 0) is 62.2 Å². The van der Waals surface area contributed by atoms with E-state index in [2.05, 4.69) is 15.4 Å². The number of hydrogen-bond acceptors (Lipinski definition) is 8. The van der Waals surface area contributed by atoms with Crippen molar-refractivity contribution in [1.29, 1.82) is 0 Å². The molecule has 4 aromatic rings. The van der Waals surface area contributed by atoms with Crippen molar-refractivity contribution in [3.63, 3.8) is 0 Å². The van der Waals surface area contributed by atoms with E-state index in [0.717, 1.165) is 18.9 Å². The van der Waals surface area contributed by atoms with Crippen molar-refractivity contribution in [2.75, 3.05) is 27.4 Å². The van der Waals surface area contributed by atoms with Crippen LogP contribution in [0.4, 0.5) is 13.2 Å². The first-order chi connectivity index (χ1) is 21.3. The fourth-order valence-corrected chi connectivity index (χ4v) is 5.32. The largest absolute Gasteiger partial charge is 0.497 e. The highest BCUT2D eigenvalue weighted by atomic mass is 19.4. The summed E-state index contributed by atoms with van der Waals surface area (Å²) in [6, 6.07) is 10.3. The Bertz CT molecular complexity index is 1820. The molecule has 0 unspecified atom stereocenters. The Morgan fingerprint density at radius 2 is 1.87 bits per heavy atom. The van der Waals surface area contributed by atoms with Crippen molar-refractivity contribution in [3.05, 3.63) is 65.5 Å². The lowest BCUT2D eigenvalue weighted by atomic mass is 9.81. The first-order valence-corrected chi connectivity index (χ1v) is 14.1. The summed E-state index contributed by atoms with van der Waals surface area (Å²) in [4.78, 5) is 29.9. The average Bonchev–Trinajstić information content (AvgIpc) is 3.69. The highest BCUT2D eigenvalue weighted by molar-refractivity contribution is 6.00. The van der Waals surface area contributed by atoms with Crippen LogP contribution in [0.5, 0.6) is 17.2 Å². The van der Waals surface area contributed by atoms with Crippen LogP contribution < -0.4 is 25.3 Å². The molecule has 236 valence electrons. The number of hydrogen-bond donors (Lipinski definition) is 3. The Morgan fingerprint density at radius 3 is 2.47 bits per heavy atom. The number of nitrogens with one attached hydrogen (secondary N) is 1. The Kier molecular flexibility index (Phi) is 7.14. The summed E-state index contributed by atoms with van der Waals surface area (Å²) in [5.41, 5.74) is 0.454. The van der Waals surface area contributed by atoms with Crippen molar-refractivity contribution in [2.45, 2.75) is 43.0 Å². The summed E-state index contributed by atoms with van der Waals surface area (Å²) < 4.78 is 62.4. The average molecular weight is 626 g/mol. The first-order valence-electron chi connectivity index (χ1n) is 14.1. The number of benzene rings is 2. The molecule has 2 atom stereocenters. The molecule has 0 spiro atoms. The van der Waals surface area contributed by atoms with Crippen LogP contribution in [0.2, 0.25) is 0 Å². The second-order valence-corrected chi connectivity index (χ2v) is 11.4. The standard InChI is InChI=1S/C31H30F3N5O6/c1-29(28(35)41)15-45-26-21(29)12-23(37-25(26)16-4-8-20(43-2)9-5-16)30(42,31(32,33)34)14-36-27(40)17-10-18-13-39(19-6-7-19)38-24(18)22(11-17)44-3/h4-5,8-13,19,42H,6-7,14-15H2,1-3H3,(H2,35,41)(H,36,40)/t29-,30+/m0/s1. The zero-order valence-electron chi connectivity index (χ0n) is 24.6. The van der Waals surface area contributed by atoms with Gasteiger partial charge < -0.3 is 30.4 Å². The minimum absolute atomic E-state index is 0.00904.